The van der Waals surface area contributed by atoms with Gasteiger partial charge < -0.3 is 19.3 Å². The van der Waals surface area contributed by atoms with Gasteiger partial charge in [-0.2, -0.15) is 0 Å². The van der Waals surface area contributed by atoms with Gasteiger partial charge in [-0.3, -0.25) is 9.88 Å². The molecule has 9 nitrogen and oxygen atoms in total. The van der Waals surface area contributed by atoms with Crippen molar-refractivity contribution in [1.82, 2.24) is 24.7 Å². The van der Waals surface area contributed by atoms with Gasteiger partial charge in [0.05, 0.1) is 48.1 Å². The highest BCUT2D eigenvalue weighted by Crippen LogP contribution is 2.34. The minimum atomic E-state index is -3.09. The monoisotopic (exact) mass is 651 g/mol. The molecule has 0 spiro atoms. The molecule has 12 heteroatoms. The van der Waals surface area contributed by atoms with Gasteiger partial charge in [-0.15, -0.1) is 0 Å². The van der Waals surface area contributed by atoms with Gasteiger partial charge in [0.1, 0.15) is 11.6 Å². The summed E-state index contributed by atoms with van der Waals surface area (Å²) in [4.78, 5) is 16.0. The lowest BCUT2D eigenvalue weighted by atomic mass is 10.0. The molecule has 0 N–H and O–H groups in total. The Kier molecular flexibility index (Phi) is 9.78. The van der Waals surface area contributed by atoms with E-state index in [0.29, 0.717) is 46.0 Å². The molecule has 4 aromatic rings. The van der Waals surface area contributed by atoms with Crippen molar-refractivity contribution in [3.05, 3.63) is 71.9 Å². The predicted octanol–water partition coefficient (Wildman–Crippen LogP) is 4.50. The van der Waals surface area contributed by atoms with Gasteiger partial charge in [-0.25, -0.2) is 22.2 Å². The van der Waals surface area contributed by atoms with E-state index in [9.17, 15) is 8.42 Å². The van der Waals surface area contributed by atoms with Gasteiger partial charge in [-0.05, 0) is 55.4 Å². The number of para-hydroxylation sites is 1. The number of nitrogens with zero attached hydrogens (tertiary/aromatic N) is 5. The number of ether oxygens (including phenoxy) is 2. The van der Waals surface area contributed by atoms with Crippen molar-refractivity contribution < 1.29 is 26.7 Å². The van der Waals surface area contributed by atoms with E-state index in [-0.39, 0.29) is 36.7 Å². The Morgan fingerprint density at radius 2 is 1.61 bits per heavy atom. The number of likely N-dealkylation sites (N-methyl/N-ethyl adjacent to an activating group) is 1. The highest BCUT2D eigenvalue weighted by Gasteiger charge is 2.24. The molecule has 2 aliphatic heterocycles. The summed E-state index contributed by atoms with van der Waals surface area (Å²) in [6, 6.07) is 13.6. The van der Waals surface area contributed by atoms with Crippen molar-refractivity contribution in [2.45, 2.75) is 13.0 Å². The minimum Gasteiger partial charge on any atom is -0.493 e. The lowest BCUT2D eigenvalue weighted by Gasteiger charge is -2.32. The molecule has 0 bridgehead atoms. The summed E-state index contributed by atoms with van der Waals surface area (Å²) < 4.78 is 65.9. The second kappa shape index (κ2) is 14.0. The smallest absolute Gasteiger partial charge is 0.161 e. The second-order valence-corrected chi connectivity index (χ2v) is 14.3. The summed E-state index contributed by atoms with van der Waals surface area (Å²) in [6.07, 6.45) is 2.58. The van der Waals surface area contributed by atoms with Crippen molar-refractivity contribution in [1.29, 1.82) is 0 Å². The average Bonchev–Trinajstić information content (AvgIpc) is 3.05. The van der Waals surface area contributed by atoms with E-state index in [1.165, 1.54) is 12.1 Å². The van der Waals surface area contributed by atoms with Crippen LogP contribution in [0.5, 0.6) is 11.5 Å². The molecule has 46 heavy (non-hydrogen) atoms. The molecule has 244 valence electrons. The normalized spacial score (nSPS) is 17.7. The highest BCUT2D eigenvalue weighted by atomic mass is 32.2. The first-order chi connectivity index (χ1) is 22.2. The predicted molar refractivity (Wildman–Crippen MR) is 175 cm³/mol. The summed E-state index contributed by atoms with van der Waals surface area (Å²) in [6.45, 7) is 6.40. The number of sulfone groups is 1. The van der Waals surface area contributed by atoms with Gasteiger partial charge in [0.2, 0.25) is 0 Å². The standard InChI is InChI=1S/C34H39F2N5O4S/c1-39-10-12-40(13-11-39)9-4-16-45-32-8-7-24(21-33(32)44-2)31-22-37-30-6-3-5-26(34(30)38-31)25-19-28(35)27(29(36)20-25)23-41-14-17-46(42,43)18-15-41/h3,5-8,19-22H,4,9-18,23H2,1-2H3. The molecule has 0 aliphatic carbocycles. The molecule has 0 atom stereocenters. The molecular formula is C34H39F2N5O4S. The summed E-state index contributed by atoms with van der Waals surface area (Å²) in [5, 5.41) is 0. The van der Waals surface area contributed by atoms with Crippen molar-refractivity contribution in [3.8, 4) is 33.9 Å². The first kappa shape index (κ1) is 32.2. The van der Waals surface area contributed by atoms with Crippen LogP contribution in [0.2, 0.25) is 0 Å². The number of halogens is 2. The van der Waals surface area contributed by atoms with Gasteiger partial charge in [0.25, 0.3) is 0 Å². The third-order valence-electron chi connectivity index (χ3n) is 8.78. The SMILES string of the molecule is COc1cc(-c2cnc3cccc(-c4cc(F)c(CN5CCS(=O)(=O)CC5)c(F)c4)c3n2)ccc1OCCCN1CCN(C)CC1. The van der Waals surface area contributed by atoms with Crippen LogP contribution in [0, 0.1) is 11.6 Å². The summed E-state index contributed by atoms with van der Waals surface area (Å²) >= 11 is 0. The number of fused-ring (bicyclic) bond motifs is 1. The van der Waals surface area contributed by atoms with Crippen LogP contribution in [0.3, 0.4) is 0 Å². The number of hydrogen-bond donors (Lipinski definition) is 0. The van der Waals surface area contributed by atoms with Gasteiger partial charge in [-0.1, -0.05) is 12.1 Å². The Balaban J connectivity index is 1.19. The van der Waals surface area contributed by atoms with E-state index in [4.69, 9.17) is 14.5 Å². The number of methoxy groups -OCH3 is 1. The van der Waals surface area contributed by atoms with E-state index in [2.05, 4.69) is 21.8 Å². The van der Waals surface area contributed by atoms with Crippen LogP contribution in [-0.2, 0) is 16.4 Å². The summed E-state index contributed by atoms with van der Waals surface area (Å²) in [7, 11) is 0.658. The molecule has 3 heterocycles. The molecule has 0 radical (unpaired) electrons. The molecule has 0 saturated carbocycles. The van der Waals surface area contributed by atoms with E-state index in [1.54, 1.807) is 36.4 Å². The fraction of sp³-hybridized carbons (Fsp3) is 0.412. The van der Waals surface area contributed by atoms with Crippen LogP contribution >= 0.6 is 0 Å². The average molecular weight is 652 g/mol. The molecule has 3 aromatic carbocycles. The fourth-order valence-electron chi connectivity index (χ4n) is 5.93. The van der Waals surface area contributed by atoms with Crippen molar-refractivity contribution in [2.75, 3.05) is 78.1 Å². The lowest BCUT2D eigenvalue weighted by Crippen LogP contribution is -2.44. The van der Waals surface area contributed by atoms with E-state index >= 15 is 8.78 Å². The van der Waals surface area contributed by atoms with Gasteiger partial charge in [0.15, 0.2) is 21.3 Å². The van der Waals surface area contributed by atoms with E-state index < -0.39 is 21.5 Å². The molecule has 2 saturated heterocycles. The Labute approximate surface area is 268 Å². The van der Waals surface area contributed by atoms with Crippen LogP contribution in [0.1, 0.15) is 12.0 Å². The zero-order chi connectivity index (χ0) is 32.3. The maximum Gasteiger partial charge on any atom is 0.161 e. The van der Waals surface area contributed by atoms with Gasteiger partial charge in [0, 0.05) is 69.0 Å². The van der Waals surface area contributed by atoms with Crippen molar-refractivity contribution in [3.63, 3.8) is 0 Å². The first-order valence-corrected chi connectivity index (χ1v) is 17.4. The number of hydrogen-bond acceptors (Lipinski definition) is 9. The second-order valence-electron chi connectivity index (χ2n) is 12.0. The minimum absolute atomic E-state index is 0.00472. The molecule has 6 rings (SSSR count). The molecule has 2 aliphatic rings. The highest BCUT2D eigenvalue weighted by molar-refractivity contribution is 7.91. The largest absolute Gasteiger partial charge is 0.493 e. The Morgan fingerprint density at radius 3 is 2.33 bits per heavy atom. The topological polar surface area (TPSA) is 88.1 Å². The van der Waals surface area contributed by atoms with Crippen molar-refractivity contribution in [2.24, 2.45) is 0 Å². The van der Waals surface area contributed by atoms with Gasteiger partial charge >= 0.3 is 0 Å². The van der Waals surface area contributed by atoms with Crippen LogP contribution in [-0.4, -0.2) is 111 Å². The van der Waals surface area contributed by atoms with Crippen LogP contribution < -0.4 is 9.47 Å². The van der Waals surface area contributed by atoms with E-state index in [0.717, 1.165) is 44.7 Å². The summed E-state index contributed by atoms with van der Waals surface area (Å²) in [5.41, 5.74) is 3.26. The molecule has 0 unspecified atom stereocenters. The molecular weight excluding hydrogens is 612 g/mol. The Hall–Kier alpha value is -3.71. The van der Waals surface area contributed by atoms with Crippen molar-refractivity contribution >= 4 is 20.9 Å². The number of piperazine rings is 1. The zero-order valence-electron chi connectivity index (χ0n) is 26.2. The maximum absolute atomic E-state index is 15.3. The maximum atomic E-state index is 15.3. The molecule has 0 amide bonds. The number of aromatic nitrogens is 2. The van der Waals surface area contributed by atoms with Crippen LogP contribution in [0.25, 0.3) is 33.4 Å². The van der Waals surface area contributed by atoms with Crippen LogP contribution in [0.15, 0.2) is 54.7 Å². The lowest BCUT2D eigenvalue weighted by molar-refractivity contribution is 0.145. The Bertz CT molecular complexity index is 1780. The first-order valence-electron chi connectivity index (χ1n) is 15.6. The molecule has 1 aromatic heterocycles. The number of rotatable bonds is 10. The quantitative estimate of drug-likeness (QED) is 0.230. The van der Waals surface area contributed by atoms with E-state index in [1.807, 2.05) is 18.2 Å². The zero-order valence-corrected chi connectivity index (χ0v) is 27.0. The third kappa shape index (κ3) is 7.46. The Morgan fingerprint density at radius 1 is 0.870 bits per heavy atom. The molecule has 2 fully saturated rings. The summed E-state index contributed by atoms with van der Waals surface area (Å²) in [5.74, 6) is -0.162. The fourth-order valence-corrected chi connectivity index (χ4v) is 7.21. The number of benzene rings is 3. The van der Waals surface area contributed by atoms with Crippen LogP contribution in [0.4, 0.5) is 8.78 Å². The third-order valence-corrected chi connectivity index (χ3v) is 10.4.